The number of aromatic carboxylic acids is 1. The maximum absolute atomic E-state index is 12.4. The Morgan fingerprint density at radius 1 is 1.10 bits per heavy atom. The molecule has 2 amide bonds. The van der Waals surface area contributed by atoms with E-state index in [4.69, 9.17) is 0 Å². The molecule has 1 aromatic carbocycles. The highest BCUT2D eigenvalue weighted by Gasteiger charge is 2.39. The van der Waals surface area contributed by atoms with Gasteiger partial charge in [-0.3, -0.25) is 9.59 Å². The standard InChI is InChI=1S/C15H12BrNO4/c16-12-7-8(5-6-11(12)15(20)21)17-13(18)9-3-1-2-4-10(9)14(17)19/h5-7H,1-4H2,(H,20,21)/p-1. The van der Waals surface area contributed by atoms with Gasteiger partial charge in [-0.15, -0.1) is 0 Å². The molecule has 108 valence electrons. The summed E-state index contributed by atoms with van der Waals surface area (Å²) in [7, 11) is 0. The Kier molecular flexibility index (Phi) is 3.41. The number of carboxylic acid groups (broad SMARTS) is 1. The van der Waals surface area contributed by atoms with Crippen LogP contribution in [0, 0.1) is 0 Å². The smallest absolute Gasteiger partial charge is 0.261 e. The highest BCUT2D eigenvalue weighted by atomic mass is 79.9. The van der Waals surface area contributed by atoms with Crippen LogP contribution in [-0.2, 0) is 9.59 Å². The van der Waals surface area contributed by atoms with E-state index in [2.05, 4.69) is 15.9 Å². The Labute approximate surface area is 129 Å². The molecule has 3 rings (SSSR count). The van der Waals surface area contributed by atoms with Gasteiger partial charge in [0.05, 0.1) is 11.7 Å². The molecule has 1 heterocycles. The fraction of sp³-hybridized carbons (Fsp3) is 0.267. The molecule has 0 unspecified atom stereocenters. The van der Waals surface area contributed by atoms with Crippen molar-refractivity contribution >= 4 is 39.4 Å². The molecular formula is C15H11BrNO4-. The van der Waals surface area contributed by atoms with E-state index in [0.717, 1.165) is 17.7 Å². The number of amides is 2. The first-order chi connectivity index (χ1) is 10.0. The van der Waals surface area contributed by atoms with E-state index >= 15 is 0 Å². The summed E-state index contributed by atoms with van der Waals surface area (Å²) >= 11 is 3.13. The van der Waals surface area contributed by atoms with Crippen molar-refractivity contribution in [3.63, 3.8) is 0 Å². The van der Waals surface area contributed by atoms with Crippen LogP contribution in [0.5, 0.6) is 0 Å². The van der Waals surface area contributed by atoms with Crippen LogP contribution in [0.1, 0.15) is 36.0 Å². The van der Waals surface area contributed by atoms with E-state index < -0.39 is 5.97 Å². The Hall–Kier alpha value is -1.95. The maximum atomic E-state index is 12.4. The van der Waals surface area contributed by atoms with Gasteiger partial charge in [0.15, 0.2) is 0 Å². The lowest BCUT2D eigenvalue weighted by Crippen LogP contribution is -2.31. The predicted octanol–water partition coefficient (Wildman–Crippen LogP) is 1.56. The average molecular weight is 349 g/mol. The SMILES string of the molecule is O=C([O-])c1ccc(N2C(=O)C3=C(CCCC3)C2=O)cc1Br. The van der Waals surface area contributed by atoms with Crippen molar-refractivity contribution in [2.24, 2.45) is 0 Å². The van der Waals surface area contributed by atoms with Crippen molar-refractivity contribution in [1.29, 1.82) is 0 Å². The van der Waals surface area contributed by atoms with Crippen molar-refractivity contribution in [2.75, 3.05) is 4.90 Å². The van der Waals surface area contributed by atoms with Crippen LogP contribution in [0.4, 0.5) is 5.69 Å². The second-order valence-electron chi connectivity index (χ2n) is 5.06. The molecule has 0 atom stereocenters. The zero-order valence-electron chi connectivity index (χ0n) is 11.0. The molecular weight excluding hydrogens is 338 g/mol. The van der Waals surface area contributed by atoms with Gasteiger partial charge in [-0.25, -0.2) is 4.90 Å². The average Bonchev–Trinajstić information content (AvgIpc) is 2.71. The van der Waals surface area contributed by atoms with Crippen molar-refractivity contribution in [2.45, 2.75) is 25.7 Å². The van der Waals surface area contributed by atoms with Crippen LogP contribution in [0.15, 0.2) is 33.8 Å². The molecule has 2 aliphatic rings. The van der Waals surface area contributed by atoms with E-state index in [9.17, 15) is 19.5 Å². The number of carboxylic acids is 1. The first-order valence-electron chi connectivity index (χ1n) is 6.62. The van der Waals surface area contributed by atoms with Gasteiger partial charge in [0.1, 0.15) is 0 Å². The highest BCUT2D eigenvalue weighted by molar-refractivity contribution is 9.10. The quantitative estimate of drug-likeness (QED) is 0.759. The summed E-state index contributed by atoms with van der Waals surface area (Å²) in [5, 5.41) is 10.9. The number of hydrogen-bond donors (Lipinski definition) is 0. The molecule has 21 heavy (non-hydrogen) atoms. The second-order valence-corrected chi connectivity index (χ2v) is 5.92. The molecule has 0 radical (unpaired) electrons. The zero-order chi connectivity index (χ0) is 15.1. The normalized spacial score (nSPS) is 18.2. The second kappa shape index (κ2) is 5.11. The number of nitrogens with zero attached hydrogens (tertiary/aromatic N) is 1. The minimum absolute atomic E-state index is 0.0180. The number of halogens is 1. The van der Waals surface area contributed by atoms with Crippen LogP contribution in [-0.4, -0.2) is 17.8 Å². The van der Waals surface area contributed by atoms with Gasteiger partial charge < -0.3 is 9.90 Å². The molecule has 0 saturated heterocycles. The molecule has 0 fully saturated rings. The van der Waals surface area contributed by atoms with Crippen molar-refractivity contribution < 1.29 is 19.5 Å². The summed E-state index contributed by atoms with van der Waals surface area (Å²) < 4.78 is 0.283. The number of imide groups is 1. The molecule has 6 heteroatoms. The molecule has 1 aliphatic carbocycles. The number of carbonyl (C=O) groups excluding carboxylic acids is 3. The molecule has 0 bridgehead atoms. The van der Waals surface area contributed by atoms with Gasteiger partial charge in [0.25, 0.3) is 11.8 Å². The summed E-state index contributed by atoms with van der Waals surface area (Å²) in [4.78, 5) is 36.8. The lowest BCUT2D eigenvalue weighted by molar-refractivity contribution is -0.255. The third-order valence-corrected chi connectivity index (χ3v) is 4.48. The van der Waals surface area contributed by atoms with Crippen molar-refractivity contribution in [3.8, 4) is 0 Å². The number of rotatable bonds is 2. The number of carbonyl (C=O) groups is 3. The lowest BCUT2D eigenvalue weighted by Gasteiger charge is -2.16. The minimum atomic E-state index is -1.31. The Balaban J connectivity index is 1.99. The van der Waals surface area contributed by atoms with Crippen LogP contribution in [0.3, 0.4) is 0 Å². The summed E-state index contributed by atoms with van der Waals surface area (Å²) in [6.07, 6.45) is 3.10. The summed E-state index contributed by atoms with van der Waals surface area (Å²) in [6, 6.07) is 4.23. The third-order valence-electron chi connectivity index (χ3n) is 3.82. The lowest BCUT2D eigenvalue weighted by atomic mass is 9.93. The number of benzene rings is 1. The fourth-order valence-electron chi connectivity index (χ4n) is 2.78. The summed E-state index contributed by atoms with van der Waals surface area (Å²) in [6.45, 7) is 0. The maximum Gasteiger partial charge on any atom is 0.261 e. The highest BCUT2D eigenvalue weighted by Crippen LogP contribution is 2.36. The zero-order valence-corrected chi connectivity index (χ0v) is 12.6. The van der Waals surface area contributed by atoms with Gasteiger partial charge in [0.2, 0.25) is 0 Å². The number of anilines is 1. The molecule has 0 aromatic heterocycles. The first-order valence-corrected chi connectivity index (χ1v) is 7.41. The predicted molar refractivity (Wildman–Crippen MR) is 76.5 cm³/mol. The Bertz CT molecular complexity index is 680. The van der Waals surface area contributed by atoms with E-state index in [1.54, 1.807) is 0 Å². The molecule has 0 N–H and O–H groups in total. The topological polar surface area (TPSA) is 77.5 Å². The first kappa shape index (κ1) is 14.0. The van der Waals surface area contributed by atoms with E-state index in [1.165, 1.54) is 18.2 Å². The van der Waals surface area contributed by atoms with Gasteiger partial charge in [-0.1, -0.05) is 15.9 Å². The van der Waals surface area contributed by atoms with Crippen molar-refractivity contribution in [3.05, 3.63) is 39.4 Å². The van der Waals surface area contributed by atoms with Gasteiger partial charge in [-0.05, 0) is 43.9 Å². The number of hydrogen-bond acceptors (Lipinski definition) is 4. The van der Waals surface area contributed by atoms with Crippen LogP contribution in [0.25, 0.3) is 0 Å². The third kappa shape index (κ3) is 2.19. The molecule has 0 spiro atoms. The van der Waals surface area contributed by atoms with E-state index in [0.29, 0.717) is 29.7 Å². The van der Waals surface area contributed by atoms with E-state index in [-0.39, 0.29) is 21.9 Å². The Morgan fingerprint density at radius 3 is 2.14 bits per heavy atom. The molecule has 1 aliphatic heterocycles. The van der Waals surface area contributed by atoms with Gasteiger partial charge >= 0.3 is 0 Å². The molecule has 5 nitrogen and oxygen atoms in total. The van der Waals surface area contributed by atoms with Crippen LogP contribution < -0.4 is 10.0 Å². The monoisotopic (exact) mass is 348 g/mol. The molecule has 1 aromatic rings. The molecule has 0 saturated carbocycles. The Morgan fingerprint density at radius 2 is 1.67 bits per heavy atom. The van der Waals surface area contributed by atoms with Crippen LogP contribution in [0.2, 0.25) is 0 Å². The van der Waals surface area contributed by atoms with Crippen molar-refractivity contribution in [1.82, 2.24) is 0 Å². The van der Waals surface area contributed by atoms with Crippen LogP contribution >= 0.6 is 15.9 Å². The van der Waals surface area contributed by atoms with E-state index in [1.807, 2.05) is 0 Å². The summed E-state index contributed by atoms with van der Waals surface area (Å²) in [5.74, 6) is -1.89. The van der Waals surface area contributed by atoms with Gasteiger partial charge in [-0.2, -0.15) is 0 Å². The minimum Gasteiger partial charge on any atom is -0.545 e. The largest absolute Gasteiger partial charge is 0.545 e. The fourth-order valence-corrected chi connectivity index (χ4v) is 3.31. The van der Waals surface area contributed by atoms with Gasteiger partial charge in [0, 0.05) is 21.2 Å². The summed E-state index contributed by atoms with van der Waals surface area (Å²) in [5.41, 5.74) is 1.56.